The molecule has 0 aliphatic carbocycles. The third kappa shape index (κ3) is 3.53. The number of anilines is 1. The van der Waals surface area contributed by atoms with Gasteiger partial charge in [0.2, 0.25) is 0 Å². The highest BCUT2D eigenvalue weighted by Crippen LogP contribution is 2.35. The minimum absolute atomic E-state index is 0.125. The summed E-state index contributed by atoms with van der Waals surface area (Å²) in [7, 11) is 0. The van der Waals surface area contributed by atoms with E-state index in [-0.39, 0.29) is 6.61 Å². The Morgan fingerprint density at radius 2 is 1.68 bits per heavy atom. The summed E-state index contributed by atoms with van der Waals surface area (Å²) in [5, 5.41) is 9.63. The predicted octanol–water partition coefficient (Wildman–Crippen LogP) is 3.90. The number of nitrogens with two attached hydrogens (primary N) is 1. The first-order valence-corrected chi connectivity index (χ1v) is 6.48. The average Bonchev–Trinajstić information content (AvgIpc) is 2.38. The number of rotatable bonds is 4. The van der Waals surface area contributed by atoms with Crippen LogP contribution in [0.4, 0.5) is 5.69 Å². The van der Waals surface area contributed by atoms with Gasteiger partial charge in [-0.15, -0.1) is 0 Å². The number of ether oxygens (including phenoxy) is 1. The number of hydrogen-bond acceptors (Lipinski definition) is 3. The van der Waals surface area contributed by atoms with Crippen LogP contribution in [-0.4, -0.2) is 11.7 Å². The Morgan fingerprint density at radius 3 is 2.32 bits per heavy atom. The maximum atomic E-state index is 8.84. The molecular formula is C14H13Cl2NO2. The molecule has 2 aromatic rings. The second-order valence-corrected chi connectivity index (χ2v) is 4.84. The van der Waals surface area contributed by atoms with Crippen molar-refractivity contribution >= 4 is 28.9 Å². The van der Waals surface area contributed by atoms with Gasteiger partial charge in [0.1, 0.15) is 5.75 Å². The summed E-state index contributed by atoms with van der Waals surface area (Å²) in [5.74, 6) is 1.11. The highest BCUT2D eigenvalue weighted by Gasteiger charge is 2.07. The second kappa shape index (κ2) is 6.15. The summed E-state index contributed by atoms with van der Waals surface area (Å²) >= 11 is 11.8. The summed E-state index contributed by atoms with van der Waals surface area (Å²) in [5.41, 5.74) is 7.28. The highest BCUT2D eigenvalue weighted by atomic mass is 35.5. The Kier molecular flexibility index (Phi) is 4.53. The first-order valence-electron chi connectivity index (χ1n) is 5.72. The van der Waals surface area contributed by atoms with Gasteiger partial charge >= 0.3 is 0 Å². The Labute approximate surface area is 121 Å². The normalized spacial score (nSPS) is 10.5. The monoisotopic (exact) mass is 297 g/mol. The molecule has 0 aliphatic rings. The zero-order valence-electron chi connectivity index (χ0n) is 10.1. The number of halogens is 2. The van der Waals surface area contributed by atoms with Gasteiger partial charge in [-0.05, 0) is 30.2 Å². The van der Waals surface area contributed by atoms with E-state index in [0.717, 1.165) is 5.56 Å². The fourth-order valence-electron chi connectivity index (χ4n) is 1.61. The fourth-order valence-corrected chi connectivity index (χ4v) is 1.94. The SMILES string of the molecule is Nc1cc(Cl)c(Cl)cc1Oc1ccc(CCO)cc1. The molecule has 100 valence electrons. The first kappa shape index (κ1) is 14.0. The Hall–Kier alpha value is -1.42. The minimum atomic E-state index is 0.125. The zero-order valence-corrected chi connectivity index (χ0v) is 11.6. The smallest absolute Gasteiger partial charge is 0.151 e. The number of hydrogen-bond donors (Lipinski definition) is 2. The standard InChI is InChI=1S/C14H13Cl2NO2/c15-11-7-13(17)14(8-12(11)16)19-10-3-1-9(2-4-10)5-6-18/h1-4,7-8,18H,5-6,17H2. The lowest BCUT2D eigenvalue weighted by Crippen LogP contribution is -1.93. The number of aliphatic hydroxyl groups is 1. The molecule has 3 nitrogen and oxygen atoms in total. The summed E-state index contributed by atoms with van der Waals surface area (Å²) in [4.78, 5) is 0. The molecule has 2 rings (SSSR count). The van der Waals surface area contributed by atoms with Crippen molar-refractivity contribution in [1.29, 1.82) is 0 Å². The highest BCUT2D eigenvalue weighted by molar-refractivity contribution is 6.42. The van der Waals surface area contributed by atoms with Gasteiger partial charge in [0.05, 0.1) is 15.7 Å². The molecular weight excluding hydrogens is 285 g/mol. The van der Waals surface area contributed by atoms with Crippen LogP contribution in [0, 0.1) is 0 Å². The predicted molar refractivity (Wildman–Crippen MR) is 78.2 cm³/mol. The second-order valence-electron chi connectivity index (χ2n) is 4.02. The van der Waals surface area contributed by atoms with Gasteiger partial charge < -0.3 is 15.6 Å². The molecule has 0 spiro atoms. The van der Waals surface area contributed by atoms with Crippen LogP contribution in [0.2, 0.25) is 10.0 Å². The topological polar surface area (TPSA) is 55.5 Å². The van der Waals surface area contributed by atoms with Crippen LogP contribution in [-0.2, 0) is 6.42 Å². The molecule has 0 saturated carbocycles. The largest absolute Gasteiger partial charge is 0.455 e. The van der Waals surface area contributed by atoms with Gasteiger partial charge in [-0.25, -0.2) is 0 Å². The van der Waals surface area contributed by atoms with Gasteiger partial charge in [0.25, 0.3) is 0 Å². The summed E-state index contributed by atoms with van der Waals surface area (Å²) in [6, 6.07) is 10.5. The summed E-state index contributed by atoms with van der Waals surface area (Å²) < 4.78 is 5.65. The van der Waals surface area contributed by atoms with Gasteiger partial charge in [0.15, 0.2) is 5.75 Å². The van der Waals surface area contributed by atoms with Crippen molar-refractivity contribution in [2.45, 2.75) is 6.42 Å². The van der Waals surface area contributed by atoms with E-state index >= 15 is 0 Å². The molecule has 2 aromatic carbocycles. The molecule has 0 aromatic heterocycles. The van der Waals surface area contributed by atoms with E-state index in [1.807, 2.05) is 24.3 Å². The van der Waals surface area contributed by atoms with Crippen LogP contribution in [0.3, 0.4) is 0 Å². The van der Waals surface area contributed by atoms with Crippen LogP contribution < -0.4 is 10.5 Å². The third-order valence-electron chi connectivity index (χ3n) is 2.60. The fraction of sp³-hybridized carbons (Fsp3) is 0.143. The molecule has 0 saturated heterocycles. The maximum Gasteiger partial charge on any atom is 0.151 e. The van der Waals surface area contributed by atoms with Crippen LogP contribution in [0.25, 0.3) is 0 Å². The molecule has 0 bridgehead atoms. The molecule has 0 heterocycles. The van der Waals surface area contributed by atoms with Crippen molar-refractivity contribution in [1.82, 2.24) is 0 Å². The summed E-state index contributed by atoms with van der Waals surface area (Å²) in [6.07, 6.45) is 0.620. The van der Waals surface area contributed by atoms with Gasteiger partial charge in [0, 0.05) is 12.7 Å². The van der Waals surface area contributed by atoms with Gasteiger partial charge in [-0.1, -0.05) is 35.3 Å². The first-order chi connectivity index (χ1) is 9.10. The molecule has 0 atom stereocenters. The average molecular weight is 298 g/mol. The van der Waals surface area contributed by atoms with Gasteiger partial charge in [-0.2, -0.15) is 0 Å². The van der Waals surface area contributed by atoms with E-state index in [0.29, 0.717) is 33.7 Å². The number of nitrogen functional groups attached to an aromatic ring is 1. The van der Waals surface area contributed by atoms with E-state index in [4.69, 9.17) is 38.8 Å². The molecule has 3 N–H and O–H groups in total. The van der Waals surface area contributed by atoms with Crippen LogP contribution in [0.15, 0.2) is 36.4 Å². The van der Waals surface area contributed by atoms with Crippen molar-refractivity contribution in [3.8, 4) is 11.5 Å². The maximum absolute atomic E-state index is 8.84. The molecule has 5 heteroatoms. The van der Waals surface area contributed by atoms with Crippen molar-refractivity contribution in [2.75, 3.05) is 12.3 Å². The van der Waals surface area contributed by atoms with Crippen molar-refractivity contribution in [3.63, 3.8) is 0 Å². The molecule has 0 aliphatic heterocycles. The quantitative estimate of drug-likeness (QED) is 0.842. The molecule has 0 fully saturated rings. The Balaban J connectivity index is 2.19. The van der Waals surface area contributed by atoms with Crippen LogP contribution >= 0.6 is 23.2 Å². The number of benzene rings is 2. The summed E-state index contributed by atoms with van der Waals surface area (Å²) in [6.45, 7) is 0.125. The van der Waals surface area contributed by atoms with Crippen molar-refractivity contribution in [3.05, 3.63) is 52.0 Å². The van der Waals surface area contributed by atoms with Crippen LogP contribution in [0.5, 0.6) is 11.5 Å². The third-order valence-corrected chi connectivity index (χ3v) is 3.33. The van der Waals surface area contributed by atoms with E-state index in [1.165, 1.54) is 0 Å². The van der Waals surface area contributed by atoms with E-state index < -0.39 is 0 Å². The molecule has 0 unspecified atom stereocenters. The van der Waals surface area contributed by atoms with E-state index in [9.17, 15) is 0 Å². The Morgan fingerprint density at radius 1 is 1.05 bits per heavy atom. The lowest BCUT2D eigenvalue weighted by Gasteiger charge is -2.10. The van der Waals surface area contributed by atoms with Crippen LogP contribution in [0.1, 0.15) is 5.56 Å². The molecule has 19 heavy (non-hydrogen) atoms. The zero-order chi connectivity index (χ0) is 13.8. The van der Waals surface area contributed by atoms with Gasteiger partial charge in [-0.3, -0.25) is 0 Å². The van der Waals surface area contributed by atoms with E-state index in [2.05, 4.69) is 0 Å². The van der Waals surface area contributed by atoms with E-state index in [1.54, 1.807) is 12.1 Å². The van der Waals surface area contributed by atoms with Crippen molar-refractivity contribution in [2.24, 2.45) is 0 Å². The minimum Gasteiger partial charge on any atom is -0.455 e. The number of aliphatic hydroxyl groups excluding tert-OH is 1. The lowest BCUT2D eigenvalue weighted by atomic mass is 10.1. The van der Waals surface area contributed by atoms with Crippen molar-refractivity contribution < 1.29 is 9.84 Å². The molecule has 0 amide bonds. The lowest BCUT2D eigenvalue weighted by molar-refractivity contribution is 0.299. The molecule has 0 radical (unpaired) electrons. The Bertz CT molecular complexity index is 570.